The average molecular weight is 2200 g/mol. The number of carbonyl (C=O) groups is 9. The summed E-state index contributed by atoms with van der Waals surface area (Å²) in [6, 6.07) is 13.0. The van der Waals surface area contributed by atoms with Crippen LogP contribution in [0.3, 0.4) is 0 Å². The number of nitrogen functional groups attached to an aromatic ring is 1. The van der Waals surface area contributed by atoms with Gasteiger partial charge in [0.25, 0.3) is 0 Å². The number of hydrogen-bond donors (Lipinski definition) is 7. The molecular formula is C111H158Br2ClF3N18O13. The van der Waals surface area contributed by atoms with Crippen molar-refractivity contribution >= 4 is 166 Å². The topological polar surface area (TPSA) is 398 Å². The molecule has 3 aromatic carbocycles. The van der Waals surface area contributed by atoms with Gasteiger partial charge in [-0.2, -0.15) is 15.0 Å². The van der Waals surface area contributed by atoms with Gasteiger partial charge in [0.05, 0.1) is 35.7 Å². The Morgan fingerprint density at radius 1 is 0.480 bits per heavy atom. The summed E-state index contributed by atoms with van der Waals surface area (Å²) in [5, 5.41) is 20.1. The van der Waals surface area contributed by atoms with E-state index in [2.05, 4.69) is 115 Å². The molecule has 6 fully saturated rings. The Bertz CT molecular complexity index is 5360. The molecule has 6 aliphatic carbocycles. The minimum atomic E-state index is -0.730. The minimum absolute atomic E-state index is 0.0305. The third-order valence-corrected chi connectivity index (χ3v) is 28.9. The van der Waals surface area contributed by atoms with Crippen molar-refractivity contribution in [2.45, 2.75) is 385 Å². The summed E-state index contributed by atoms with van der Waals surface area (Å²) < 4.78 is 59.7. The van der Waals surface area contributed by atoms with Gasteiger partial charge in [0, 0.05) is 67.5 Å². The van der Waals surface area contributed by atoms with Crippen LogP contribution in [0.2, 0.25) is 5.28 Å². The van der Waals surface area contributed by atoms with Gasteiger partial charge in [-0.25, -0.2) is 37.7 Å². The summed E-state index contributed by atoms with van der Waals surface area (Å²) >= 11 is 12.3. The maximum absolute atomic E-state index is 15.2. The van der Waals surface area contributed by atoms with Crippen molar-refractivity contribution in [3.05, 3.63) is 142 Å². The number of fused-ring (bicyclic) bond motifs is 3. The van der Waals surface area contributed by atoms with E-state index in [0.717, 1.165) is 171 Å². The second kappa shape index (κ2) is 61.5. The standard InChI is InChI=1S/C37H51FN6O4.C20H23BrFN5O.C17H29NO3.C14H19ClN4O.C11H21NO2.C6H5BrFN.C6H10O2/c1-5-31-35(46)43(4)32-23-39-37(42-34(32)44(31)26-14-9-10-15-26)41-29-20-19-25(22-28(29)38)13-7-6-8-18-33(45)40-30(21-24(2)3)36(47)48-27-16-11-12-17-27;1-3-16-19(28)26(2)17-11-23-20(24-15-9-8-12(21)10-14(15)22)25-18(17)27(16)13-6-4-5-7-13;1-4-5-6-11-16(19)18-15(12-13(2)3)17(20)21-14-9-7-8-10-14;1-3-10-13(20)18(2)11-8-16-14(15)17-12(11)19(10)9-6-4-5-7-9;1-8(2)7-10(12)11(13)14-9-5-3-4-6-9;7-4-1-2-6(9)5(8)3-4;1-2-3-4-5-6(7)8/h7,13,19-20,22-24,26-27,30-31H,5-6,8-12,14-18,21H2,1-4H3,(H,40,45)(H,39,41,42);8-11,13,16H,3-7H2,1-2H3,(H,23,24,25);4,13-15H,1,5-12H2,2-3H3,(H,18,19);8-10H,3-7H2,1-2H3;8-10H,3-7,12H2,1-2H3;1-3H,9H2;2H,1,3-5H2,(H,7,8)/b13-7+;;;;;;/t30-,31+;16-;15-;2*10-;;/m01010../s1. The molecule has 6 heterocycles. The first-order valence-electron chi connectivity index (χ1n) is 53.3. The van der Waals surface area contributed by atoms with Crippen molar-refractivity contribution in [3.63, 3.8) is 0 Å². The van der Waals surface area contributed by atoms with Crippen molar-refractivity contribution in [2.24, 2.45) is 23.5 Å². The fourth-order valence-electron chi connectivity index (χ4n) is 20.0. The highest BCUT2D eigenvalue weighted by atomic mass is 79.9. The molecule has 3 aliphatic heterocycles. The molecule has 37 heteroatoms. The van der Waals surface area contributed by atoms with E-state index in [-0.39, 0.29) is 143 Å². The summed E-state index contributed by atoms with van der Waals surface area (Å²) in [4.78, 5) is 148. The van der Waals surface area contributed by atoms with E-state index >= 15 is 4.39 Å². The fourth-order valence-corrected chi connectivity index (χ4v) is 20.8. The Morgan fingerprint density at radius 2 is 0.824 bits per heavy atom. The van der Waals surface area contributed by atoms with Crippen LogP contribution in [0.4, 0.5) is 76.6 Å². The highest BCUT2D eigenvalue weighted by molar-refractivity contribution is 9.10. The van der Waals surface area contributed by atoms with Gasteiger partial charge >= 0.3 is 23.9 Å². The van der Waals surface area contributed by atoms with Crippen LogP contribution in [0.1, 0.15) is 318 Å². The molecule has 3 aromatic heterocycles. The van der Waals surface area contributed by atoms with Crippen molar-refractivity contribution < 1.29 is 75.6 Å². The van der Waals surface area contributed by atoms with Crippen LogP contribution in [-0.2, 0) is 57.4 Å². The number of hydrogen-bond acceptors (Lipinski definition) is 25. The molecule has 6 saturated carbocycles. The van der Waals surface area contributed by atoms with Crippen LogP contribution in [0, 0.1) is 35.2 Å². The van der Waals surface area contributed by atoms with Crippen molar-refractivity contribution in [1.29, 1.82) is 0 Å². The predicted octanol–water partition coefficient (Wildman–Crippen LogP) is 23.1. The lowest BCUT2D eigenvalue weighted by atomic mass is 10.0. The molecule has 15 rings (SSSR count). The number of esters is 3. The number of ether oxygens (including phenoxy) is 3. The lowest BCUT2D eigenvalue weighted by Gasteiger charge is -2.43. The smallest absolute Gasteiger partial charge is 0.328 e. The van der Waals surface area contributed by atoms with Gasteiger partial charge in [-0.3, -0.25) is 33.6 Å². The first-order valence-corrected chi connectivity index (χ1v) is 55.3. The molecule has 0 spiro atoms. The number of carboxylic acids is 1. The summed E-state index contributed by atoms with van der Waals surface area (Å²) in [7, 11) is 5.31. The van der Waals surface area contributed by atoms with Crippen molar-refractivity contribution in [1.82, 2.24) is 40.5 Å². The van der Waals surface area contributed by atoms with Crippen LogP contribution in [0.25, 0.3) is 6.08 Å². The van der Waals surface area contributed by atoms with Crippen LogP contribution in [0.15, 0.2) is 114 Å². The normalized spacial score (nSPS) is 18.5. The molecule has 5 amide bonds. The molecule has 6 atom stereocenters. The zero-order valence-corrected chi connectivity index (χ0v) is 92.5. The van der Waals surface area contributed by atoms with Gasteiger partial charge in [0.15, 0.2) is 17.5 Å². The Morgan fingerprint density at radius 3 is 1.18 bits per heavy atom. The highest BCUT2D eigenvalue weighted by Crippen LogP contribution is 2.45. The van der Waals surface area contributed by atoms with Gasteiger partial charge in [-0.15, -0.1) is 13.2 Å². The number of aliphatic carboxylic acids is 1. The van der Waals surface area contributed by atoms with E-state index in [1.807, 2.05) is 66.7 Å². The first kappa shape index (κ1) is 121. The maximum atomic E-state index is 15.2. The molecule has 31 nitrogen and oxygen atoms in total. The van der Waals surface area contributed by atoms with Gasteiger partial charge in [-0.1, -0.05) is 163 Å². The fraction of sp³-hybridized carbons (Fsp3) is 0.595. The zero-order valence-electron chi connectivity index (χ0n) is 88.5. The number of amides is 5. The molecule has 0 unspecified atom stereocenters. The van der Waals surface area contributed by atoms with E-state index in [1.165, 1.54) is 49.9 Å². The number of halogens is 6. The van der Waals surface area contributed by atoms with Gasteiger partial charge in [0.1, 0.15) is 89.1 Å². The number of rotatable bonds is 37. The number of carboxylic acid groups (broad SMARTS) is 1. The largest absolute Gasteiger partial charge is 0.481 e. The summed E-state index contributed by atoms with van der Waals surface area (Å²) in [6.07, 6.45) is 47.6. The molecule has 148 heavy (non-hydrogen) atoms. The number of likely N-dealkylation sites (N-methyl/N-ethyl adjacent to an activating group) is 3. The monoisotopic (exact) mass is 2200 g/mol. The number of nitrogens with two attached hydrogens (primary N) is 2. The van der Waals surface area contributed by atoms with Gasteiger partial charge in [-0.05, 0) is 276 Å². The summed E-state index contributed by atoms with van der Waals surface area (Å²) in [5.74, 6) is 1.12. The number of unbranched alkanes of at least 4 members (excludes halogenated alkanes) is 3. The quantitative estimate of drug-likeness (QED) is 0.00475. The van der Waals surface area contributed by atoms with E-state index < -0.39 is 29.9 Å². The third kappa shape index (κ3) is 36.8. The van der Waals surface area contributed by atoms with E-state index in [9.17, 15) is 51.9 Å². The second-order valence-corrected chi connectivity index (χ2v) is 42.9. The van der Waals surface area contributed by atoms with Crippen molar-refractivity contribution in [2.75, 3.05) is 66.9 Å². The van der Waals surface area contributed by atoms with Crippen molar-refractivity contribution in [3.8, 4) is 0 Å². The third-order valence-electron chi connectivity index (χ3n) is 27.7. The number of aromatic nitrogens is 6. The predicted molar refractivity (Wildman–Crippen MR) is 587 cm³/mol. The summed E-state index contributed by atoms with van der Waals surface area (Å²) in [5.41, 5.74) is 14.5. The lowest BCUT2D eigenvalue weighted by molar-refractivity contribution is -0.153. The van der Waals surface area contributed by atoms with Crippen LogP contribution in [0.5, 0.6) is 0 Å². The van der Waals surface area contributed by atoms with Crippen LogP contribution >= 0.6 is 43.5 Å². The van der Waals surface area contributed by atoms with Gasteiger partial charge < -0.3 is 81.5 Å². The number of nitrogens with one attached hydrogen (secondary N) is 4. The highest BCUT2D eigenvalue weighted by Gasteiger charge is 2.46. The molecule has 9 N–H and O–H groups in total. The minimum Gasteiger partial charge on any atom is -0.481 e. The Balaban J connectivity index is 0.000000208. The lowest BCUT2D eigenvalue weighted by Crippen LogP contribution is -2.55. The Kier molecular flexibility index (Phi) is 50.1. The SMILES string of the molecule is C=CCCCC(=O)N[C@@H](CC(C)C)C(=O)OC1CCCC1.C=CCCCC(=O)O.CC(C)C[C@H](N)C(=O)OC1CCCC1.CC[C@@H]1C(=O)N(C)c2cnc(Cl)nc2N1C1CCCC1.CC[C@@H]1C(=O)N(C)c2cnc(Nc3ccc(/C=C/CCCC(=O)N[C@@H](CC(C)C)C(=O)OC4CCCC4)cc3F)nc2N1C1CCCC1.CC[C@@H]1C(=O)N(C)c2cnc(Nc3ccc(Br)cc3F)nc2N1C1CCCC1.Nc1ccc(Br)cc1F. The molecule has 9 aliphatic rings. The molecule has 0 saturated heterocycles. The van der Waals surface area contributed by atoms with E-state index in [4.69, 9.17) is 52.4 Å². The average Bonchev–Trinajstić information content (AvgIpc) is 1.31. The van der Waals surface area contributed by atoms with E-state index in [0.29, 0.717) is 125 Å². The number of benzene rings is 3. The second-order valence-electron chi connectivity index (χ2n) is 40.7. The number of carbonyl (C=O) groups excluding carboxylic acids is 8. The summed E-state index contributed by atoms with van der Waals surface area (Å²) in [6.45, 7) is 25.4. The number of nitrogens with zero attached hydrogens (tertiary/aromatic N) is 12. The molecular weight excluding hydrogens is 2050 g/mol. The van der Waals surface area contributed by atoms with Crippen LogP contribution < -0.4 is 62.1 Å². The van der Waals surface area contributed by atoms with Crippen LogP contribution in [-0.4, -0.2) is 182 Å². The Hall–Kier alpha value is -10.9. The molecule has 0 radical (unpaired) electrons. The van der Waals surface area contributed by atoms with E-state index in [1.54, 1.807) is 90.9 Å². The molecule has 6 aromatic rings. The zero-order chi connectivity index (χ0) is 108. The Labute approximate surface area is 894 Å². The number of allylic oxidation sites excluding steroid dienone is 3. The maximum Gasteiger partial charge on any atom is 0.328 e. The molecule has 0 bridgehead atoms. The van der Waals surface area contributed by atoms with Gasteiger partial charge in [0.2, 0.25) is 46.7 Å². The number of anilines is 11. The molecule has 812 valence electrons. The first-order chi connectivity index (χ1) is 70.8.